The molecule has 0 amide bonds. The van der Waals surface area contributed by atoms with Gasteiger partial charge >= 0.3 is 0 Å². The van der Waals surface area contributed by atoms with Gasteiger partial charge in [-0.3, -0.25) is 4.90 Å². The van der Waals surface area contributed by atoms with Crippen LogP contribution in [0, 0.1) is 6.92 Å². The van der Waals surface area contributed by atoms with E-state index in [-0.39, 0.29) is 0 Å². The third-order valence-electron chi connectivity index (χ3n) is 4.02. The number of hydrogen-bond donors (Lipinski definition) is 0. The van der Waals surface area contributed by atoms with Gasteiger partial charge in [-0.1, -0.05) is 23.4 Å². The van der Waals surface area contributed by atoms with Gasteiger partial charge in [0.1, 0.15) is 0 Å². The molecular formula is C16H18N6O2. The monoisotopic (exact) mass is 326 g/mol. The number of benzene rings is 1. The number of rotatable bonds is 4. The second-order valence-corrected chi connectivity index (χ2v) is 5.76. The largest absolute Gasteiger partial charge is 0.338 e. The quantitative estimate of drug-likeness (QED) is 0.717. The van der Waals surface area contributed by atoms with E-state index in [0.717, 1.165) is 31.7 Å². The zero-order valence-electron chi connectivity index (χ0n) is 13.4. The van der Waals surface area contributed by atoms with E-state index < -0.39 is 0 Å². The lowest BCUT2D eigenvalue weighted by molar-refractivity contribution is 0.214. The minimum atomic E-state index is 0.550. The van der Waals surface area contributed by atoms with Gasteiger partial charge in [0, 0.05) is 31.7 Å². The molecule has 4 rings (SSSR count). The minimum absolute atomic E-state index is 0.550. The molecular weight excluding hydrogens is 308 g/mol. The molecule has 1 saturated heterocycles. The van der Waals surface area contributed by atoms with Crippen LogP contribution in [0.3, 0.4) is 0 Å². The molecule has 1 aliphatic rings. The van der Waals surface area contributed by atoms with Gasteiger partial charge < -0.3 is 13.9 Å². The Kier molecular flexibility index (Phi) is 3.96. The van der Waals surface area contributed by atoms with Crippen molar-refractivity contribution in [2.75, 3.05) is 31.1 Å². The van der Waals surface area contributed by atoms with E-state index in [4.69, 9.17) is 9.05 Å². The van der Waals surface area contributed by atoms with E-state index in [1.54, 1.807) is 0 Å². The summed E-state index contributed by atoms with van der Waals surface area (Å²) in [7, 11) is 0. The molecule has 1 aromatic carbocycles. The van der Waals surface area contributed by atoms with Gasteiger partial charge in [-0.2, -0.15) is 9.97 Å². The number of piperazine rings is 1. The molecule has 3 aromatic rings. The van der Waals surface area contributed by atoms with Crippen LogP contribution in [-0.4, -0.2) is 51.4 Å². The van der Waals surface area contributed by atoms with Crippen LogP contribution in [0.4, 0.5) is 5.95 Å². The average Bonchev–Trinajstić information content (AvgIpc) is 3.26. The van der Waals surface area contributed by atoms with Crippen molar-refractivity contribution in [2.45, 2.75) is 13.5 Å². The van der Waals surface area contributed by atoms with Crippen LogP contribution in [0.5, 0.6) is 0 Å². The van der Waals surface area contributed by atoms with Crippen molar-refractivity contribution in [1.82, 2.24) is 25.2 Å². The Morgan fingerprint density at radius 3 is 2.46 bits per heavy atom. The summed E-state index contributed by atoms with van der Waals surface area (Å²) < 4.78 is 10.6. The summed E-state index contributed by atoms with van der Waals surface area (Å²) in [5, 5.41) is 7.93. The van der Waals surface area contributed by atoms with Gasteiger partial charge in [0.25, 0.3) is 11.8 Å². The van der Waals surface area contributed by atoms with Crippen LogP contribution in [0.2, 0.25) is 0 Å². The number of aryl methyl sites for hydroxylation is 1. The molecule has 8 heteroatoms. The molecule has 8 nitrogen and oxygen atoms in total. The maximum Gasteiger partial charge on any atom is 0.266 e. The highest BCUT2D eigenvalue weighted by atomic mass is 16.5. The second kappa shape index (κ2) is 6.40. The fourth-order valence-electron chi connectivity index (χ4n) is 2.74. The highest BCUT2D eigenvalue weighted by Gasteiger charge is 2.22. The first-order valence-electron chi connectivity index (χ1n) is 7.93. The molecule has 0 bridgehead atoms. The van der Waals surface area contributed by atoms with Gasteiger partial charge in [-0.05, 0) is 24.2 Å². The lowest BCUT2D eigenvalue weighted by atomic mass is 10.2. The summed E-state index contributed by atoms with van der Waals surface area (Å²) in [6.45, 7) is 5.94. The predicted octanol–water partition coefficient (Wildman–Crippen LogP) is 1.75. The summed E-state index contributed by atoms with van der Waals surface area (Å²) in [4.78, 5) is 13.2. The molecule has 24 heavy (non-hydrogen) atoms. The van der Waals surface area contributed by atoms with Crippen LogP contribution >= 0.6 is 0 Å². The summed E-state index contributed by atoms with van der Waals surface area (Å²) in [5.41, 5.74) is 0.932. The first-order chi connectivity index (χ1) is 11.8. The van der Waals surface area contributed by atoms with Crippen LogP contribution in [0.25, 0.3) is 11.5 Å². The molecule has 2 aromatic heterocycles. The summed E-state index contributed by atoms with van der Waals surface area (Å²) >= 11 is 0. The predicted molar refractivity (Wildman–Crippen MR) is 86.3 cm³/mol. The molecule has 0 radical (unpaired) electrons. The molecule has 0 saturated carbocycles. The zero-order valence-corrected chi connectivity index (χ0v) is 13.4. The molecule has 124 valence electrons. The van der Waals surface area contributed by atoms with E-state index in [1.807, 2.05) is 37.3 Å². The fraction of sp³-hybridized carbons (Fsp3) is 0.375. The average molecular weight is 326 g/mol. The molecule has 1 fully saturated rings. The molecule has 0 atom stereocenters. The normalized spacial score (nSPS) is 15.8. The molecule has 0 aliphatic carbocycles. The van der Waals surface area contributed by atoms with Crippen LogP contribution < -0.4 is 4.90 Å². The Morgan fingerprint density at radius 2 is 1.75 bits per heavy atom. The van der Waals surface area contributed by atoms with Gasteiger partial charge in [0.15, 0.2) is 5.82 Å². The van der Waals surface area contributed by atoms with E-state index in [0.29, 0.717) is 30.1 Å². The third-order valence-corrected chi connectivity index (χ3v) is 4.02. The molecule has 1 aliphatic heterocycles. The van der Waals surface area contributed by atoms with Crippen molar-refractivity contribution in [3.63, 3.8) is 0 Å². The van der Waals surface area contributed by atoms with Crippen molar-refractivity contribution >= 4 is 5.95 Å². The molecule has 3 heterocycles. The van der Waals surface area contributed by atoms with Crippen LogP contribution in [0.15, 0.2) is 39.4 Å². The van der Waals surface area contributed by atoms with Gasteiger partial charge in [0.05, 0.1) is 6.54 Å². The van der Waals surface area contributed by atoms with Crippen molar-refractivity contribution in [2.24, 2.45) is 0 Å². The highest BCUT2D eigenvalue weighted by molar-refractivity contribution is 5.54. The summed E-state index contributed by atoms with van der Waals surface area (Å²) in [6, 6.07) is 9.79. The lowest BCUT2D eigenvalue weighted by Gasteiger charge is -2.32. The first-order valence-corrected chi connectivity index (χ1v) is 7.93. The maximum atomic E-state index is 5.38. The SMILES string of the molecule is Cc1noc(CN2CCN(c3noc(-c4ccccc4)n3)CC2)n1. The number of aromatic nitrogens is 4. The van der Waals surface area contributed by atoms with Gasteiger partial charge in [-0.15, -0.1) is 0 Å². The zero-order chi connectivity index (χ0) is 16.4. The smallest absolute Gasteiger partial charge is 0.266 e. The molecule has 0 N–H and O–H groups in total. The standard InChI is InChI=1S/C16H18N6O2/c1-12-17-14(23-19-12)11-21-7-9-22(10-8-21)16-18-15(24-20-16)13-5-3-2-4-6-13/h2-6H,7-11H2,1H3. The second-order valence-electron chi connectivity index (χ2n) is 5.76. The van der Waals surface area contributed by atoms with E-state index >= 15 is 0 Å². The van der Waals surface area contributed by atoms with Crippen LogP contribution in [0.1, 0.15) is 11.7 Å². The topological polar surface area (TPSA) is 84.3 Å². The van der Waals surface area contributed by atoms with Crippen molar-refractivity contribution in [1.29, 1.82) is 0 Å². The minimum Gasteiger partial charge on any atom is -0.338 e. The Morgan fingerprint density at radius 1 is 0.958 bits per heavy atom. The Bertz CT molecular complexity index is 792. The van der Waals surface area contributed by atoms with E-state index in [1.165, 1.54) is 0 Å². The number of nitrogens with zero attached hydrogens (tertiary/aromatic N) is 6. The Labute approximate surface area is 139 Å². The van der Waals surface area contributed by atoms with E-state index in [9.17, 15) is 0 Å². The Balaban J connectivity index is 1.37. The lowest BCUT2D eigenvalue weighted by Crippen LogP contribution is -2.46. The number of anilines is 1. The van der Waals surface area contributed by atoms with Crippen molar-refractivity contribution in [3.05, 3.63) is 42.0 Å². The van der Waals surface area contributed by atoms with Crippen LogP contribution in [-0.2, 0) is 6.54 Å². The maximum absolute atomic E-state index is 5.38. The van der Waals surface area contributed by atoms with Gasteiger partial charge in [0.2, 0.25) is 5.89 Å². The van der Waals surface area contributed by atoms with E-state index in [2.05, 4.69) is 30.1 Å². The first kappa shape index (κ1) is 14.8. The molecule has 0 spiro atoms. The van der Waals surface area contributed by atoms with Crippen molar-refractivity contribution < 1.29 is 9.05 Å². The fourth-order valence-corrected chi connectivity index (χ4v) is 2.74. The summed E-state index contributed by atoms with van der Waals surface area (Å²) in [5.74, 6) is 2.52. The summed E-state index contributed by atoms with van der Waals surface area (Å²) in [6.07, 6.45) is 0. The highest BCUT2D eigenvalue weighted by Crippen LogP contribution is 2.20. The number of hydrogen-bond acceptors (Lipinski definition) is 8. The molecule has 0 unspecified atom stereocenters. The Hall–Kier alpha value is -2.74. The third kappa shape index (κ3) is 3.13. The van der Waals surface area contributed by atoms with Crippen molar-refractivity contribution in [3.8, 4) is 11.5 Å². The van der Waals surface area contributed by atoms with Gasteiger partial charge in [-0.25, -0.2) is 0 Å².